The van der Waals surface area contributed by atoms with E-state index in [1.165, 1.54) is 6.42 Å². The third kappa shape index (κ3) is 5.01. The topological polar surface area (TPSA) is 70.1 Å². The molecule has 8 heteroatoms. The molecule has 0 radical (unpaired) electrons. The average Bonchev–Trinajstić information content (AvgIpc) is 2.68. The molecule has 146 valence electrons. The predicted molar refractivity (Wildman–Crippen MR) is 120 cm³/mol. The van der Waals surface area contributed by atoms with Gasteiger partial charge in [-0.25, -0.2) is 4.98 Å². The highest BCUT2D eigenvalue weighted by atomic mass is 35.5. The second-order valence-electron chi connectivity index (χ2n) is 6.34. The second kappa shape index (κ2) is 9.37. The zero-order valence-corrected chi connectivity index (χ0v) is 17.6. The third-order valence-corrected chi connectivity index (χ3v) is 5.02. The van der Waals surface area contributed by atoms with E-state index < -0.39 is 0 Å². The van der Waals surface area contributed by atoms with Crippen LogP contribution in [0.25, 0.3) is 22.2 Å². The van der Waals surface area contributed by atoms with Crippen molar-refractivity contribution in [3.63, 3.8) is 0 Å². The number of fused-ring (bicyclic) bond motifs is 1. The Balaban J connectivity index is 1.81. The monoisotopic (exact) mass is 434 g/mol. The molecule has 0 unspecified atom stereocenters. The van der Waals surface area contributed by atoms with E-state index in [1.807, 2.05) is 18.2 Å². The summed E-state index contributed by atoms with van der Waals surface area (Å²) in [5.74, 6) is 0.443. The molecule has 2 aromatic carbocycles. The summed E-state index contributed by atoms with van der Waals surface area (Å²) in [7, 11) is 0. The van der Waals surface area contributed by atoms with Crippen molar-refractivity contribution in [3.05, 3.63) is 46.6 Å². The first-order valence-corrected chi connectivity index (χ1v) is 10.1. The molecule has 0 saturated heterocycles. The lowest BCUT2D eigenvalue weighted by molar-refractivity contribution is 0.476. The number of anilines is 1. The summed E-state index contributed by atoms with van der Waals surface area (Å²) in [4.78, 5) is 9.02. The Morgan fingerprint density at radius 3 is 2.54 bits per heavy atom. The van der Waals surface area contributed by atoms with Crippen LogP contribution in [0.5, 0.6) is 5.75 Å². The van der Waals surface area contributed by atoms with Gasteiger partial charge in [-0.3, -0.25) is 4.98 Å². The van der Waals surface area contributed by atoms with E-state index in [1.54, 1.807) is 18.3 Å². The smallest absolute Gasteiger partial charge is 0.171 e. The van der Waals surface area contributed by atoms with E-state index in [0.29, 0.717) is 16.4 Å². The molecule has 0 bridgehead atoms. The fraction of sp³-hybridized carbons (Fsp3) is 0.250. The number of rotatable bonds is 6. The van der Waals surface area contributed by atoms with Crippen molar-refractivity contribution in [2.75, 3.05) is 11.9 Å². The van der Waals surface area contributed by atoms with Crippen LogP contribution in [0.3, 0.4) is 0 Å². The number of hydrogen-bond donors (Lipinski definition) is 3. The molecule has 3 aromatic rings. The van der Waals surface area contributed by atoms with Crippen molar-refractivity contribution < 1.29 is 5.11 Å². The number of unbranched alkanes of at least 4 members (excludes halogenated alkanes) is 2. The Morgan fingerprint density at radius 1 is 1.07 bits per heavy atom. The van der Waals surface area contributed by atoms with Gasteiger partial charge in [0.1, 0.15) is 0 Å². The van der Waals surface area contributed by atoms with Crippen molar-refractivity contribution in [3.8, 4) is 16.9 Å². The number of phenolic OH excluding ortho intramolecular Hbond substituents is 1. The molecule has 1 heterocycles. The van der Waals surface area contributed by atoms with Crippen LogP contribution in [0.15, 0.2) is 36.5 Å². The maximum absolute atomic E-state index is 9.75. The van der Waals surface area contributed by atoms with Crippen LogP contribution in [0.4, 0.5) is 5.82 Å². The second-order valence-corrected chi connectivity index (χ2v) is 7.56. The standard InChI is InChI=1S/C20H20Cl2N4OS/c1-2-3-4-7-23-20(28)26-18-11-24-16-6-5-12(10-17(16)25-18)13-8-14(21)19(27)15(22)9-13/h5-6,8-11,27H,2-4,7H2,1H3,(H2,23,25,26,28). The van der Waals surface area contributed by atoms with Gasteiger partial charge in [-0.2, -0.15) is 0 Å². The van der Waals surface area contributed by atoms with Crippen molar-refractivity contribution in [2.45, 2.75) is 26.2 Å². The quantitative estimate of drug-likeness (QED) is 0.337. The van der Waals surface area contributed by atoms with Crippen LogP contribution in [0.1, 0.15) is 26.2 Å². The van der Waals surface area contributed by atoms with Gasteiger partial charge in [0.2, 0.25) is 0 Å². The molecule has 0 saturated carbocycles. The van der Waals surface area contributed by atoms with Crippen molar-refractivity contribution in [2.24, 2.45) is 0 Å². The molecule has 0 aliphatic heterocycles. The van der Waals surface area contributed by atoms with E-state index >= 15 is 0 Å². The number of nitrogens with zero attached hydrogens (tertiary/aromatic N) is 2. The Morgan fingerprint density at radius 2 is 1.82 bits per heavy atom. The first kappa shape index (κ1) is 20.6. The molecule has 3 rings (SSSR count). The van der Waals surface area contributed by atoms with Crippen LogP contribution in [0, 0.1) is 0 Å². The number of thiocarbonyl (C=S) groups is 1. The fourth-order valence-electron chi connectivity index (χ4n) is 2.72. The summed E-state index contributed by atoms with van der Waals surface area (Å²) < 4.78 is 0. The number of hydrogen-bond acceptors (Lipinski definition) is 4. The SMILES string of the molecule is CCCCCNC(=S)Nc1cnc2ccc(-c3cc(Cl)c(O)c(Cl)c3)cc2n1. The highest BCUT2D eigenvalue weighted by Crippen LogP contribution is 2.36. The summed E-state index contributed by atoms with van der Waals surface area (Å²) >= 11 is 17.4. The zero-order valence-electron chi connectivity index (χ0n) is 15.3. The van der Waals surface area contributed by atoms with Gasteiger partial charge in [-0.15, -0.1) is 0 Å². The van der Waals surface area contributed by atoms with E-state index in [2.05, 4.69) is 27.5 Å². The largest absolute Gasteiger partial charge is 0.505 e. The molecule has 28 heavy (non-hydrogen) atoms. The minimum Gasteiger partial charge on any atom is -0.505 e. The molecular weight excluding hydrogens is 415 g/mol. The van der Waals surface area contributed by atoms with Gasteiger partial charge in [0.25, 0.3) is 0 Å². The Bertz CT molecular complexity index is 990. The van der Waals surface area contributed by atoms with Crippen molar-refractivity contribution >= 4 is 57.4 Å². The van der Waals surface area contributed by atoms with Gasteiger partial charge in [0, 0.05) is 6.54 Å². The van der Waals surface area contributed by atoms with E-state index in [4.69, 9.17) is 35.4 Å². The first-order chi connectivity index (χ1) is 13.5. The number of phenols is 1. The lowest BCUT2D eigenvalue weighted by Gasteiger charge is -2.10. The minimum absolute atomic E-state index is 0.126. The molecule has 0 aliphatic rings. The molecule has 0 fully saturated rings. The number of aromatic hydroxyl groups is 1. The minimum atomic E-state index is -0.126. The van der Waals surface area contributed by atoms with E-state index in [-0.39, 0.29) is 15.8 Å². The summed E-state index contributed by atoms with van der Waals surface area (Å²) in [5, 5.41) is 16.9. The maximum atomic E-state index is 9.75. The zero-order chi connectivity index (χ0) is 20.1. The lowest BCUT2D eigenvalue weighted by atomic mass is 10.0. The average molecular weight is 435 g/mol. The fourth-order valence-corrected chi connectivity index (χ4v) is 3.41. The van der Waals surface area contributed by atoms with Gasteiger partial charge in [0.15, 0.2) is 16.7 Å². The van der Waals surface area contributed by atoms with E-state index in [0.717, 1.165) is 36.0 Å². The molecular formula is C20H20Cl2N4OS. The number of aromatic nitrogens is 2. The van der Waals surface area contributed by atoms with E-state index in [9.17, 15) is 5.11 Å². The highest BCUT2D eigenvalue weighted by Gasteiger charge is 2.10. The Labute approximate surface area is 179 Å². The van der Waals surface area contributed by atoms with Crippen LogP contribution in [-0.2, 0) is 0 Å². The van der Waals surface area contributed by atoms with Gasteiger partial charge >= 0.3 is 0 Å². The highest BCUT2D eigenvalue weighted by molar-refractivity contribution is 7.80. The molecule has 5 nitrogen and oxygen atoms in total. The summed E-state index contributed by atoms with van der Waals surface area (Å²) in [6, 6.07) is 8.99. The lowest BCUT2D eigenvalue weighted by Crippen LogP contribution is -2.29. The summed E-state index contributed by atoms with van der Waals surface area (Å²) in [5.41, 5.74) is 3.11. The summed E-state index contributed by atoms with van der Waals surface area (Å²) in [6.07, 6.45) is 5.05. The van der Waals surface area contributed by atoms with Gasteiger partial charge in [-0.1, -0.05) is 49.0 Å². The normalized spacial score (nSPS) is 10.8. The van der Waals surface area contributed by atoms with Gasteiger partial charge in [-0.05, 0) is 54.0 Å². The molecule has 0 aliphatic carbocycles. The number of halogens is 2. The molecule has 3 N–H and O–H groups in total. The number of nitrogens with one attached hydrogen (secondary N) is 2. The molecule has 1 aromatic heterocycles. The molecule has 0 amide bonds. The Hall–Kier alpha value is -2.15. The van der Waals surface area contributed by atoms with Crippen molar-refractivity contribution in [1.82, 2.24) is 15.3 Å². The third-order valence-electron chi connectivity index (χ3n) is 4.20. The molecule has 0 spiro atoms. The molecule has 0 atom stereocenters. The first-order valence-electron chi connectivity index (χ1n) is 8.98. The maximum Gasteiger partial charge on any atom is 0.171 e. The van der Waals surface area contributed by atoms with Crippen LogP contribution in [0.2, 0.25) is 10.0 Å². The summed E-state index contributed by atoms with van der Waals surface area (Å²) in [6.45, 7) is 2.99. The van der Waals surface area contributed by atoms with Gasteiger partial charge in [0.05, 0.1) is 27.3 Å². The number of benzene rings is 2. The predicted octanol–water partition coefficient (Wildman–Crippen LogP) is 5.79. The van der Waals surface area contributed by atoms with Crippen LogP contribution >= 0.6 is 35.4 Å². The van der Waals surface area contributed by atoms with Gasteiger partial charge < -0.3 is 15.7 Å². The van der Waals surface area contributed by atoms with Crippen molar-refractivity contribution in [1.29, 1.82) is 0 Å². The van der Waals surface area contributed by atoms with Crippen LogP contribution < -0.4 is 10.6 Å². The Kier molecular flexibility index (Phi) is 6.88. The van der Waals surface area contributed by atoms with Crippen LogP contribution in [-0.4, -0.2) is 26.7 Å².